The van der Waals surface area contributed by atoms with Crippen molar-refractivity contribution in [2.45, 2.75) is 97.6 Å². The first kappa shape index (κ1) is 31.6. The average molecular weight is 578 g/mol. The third-order valence-electron chi connectivity index (χ3n) is 8.40. The van der Waals surface area contributed by atoms with Crippen LogP contribution in [-0.2, 0) is 31.1 Å². The van der Waals surface area contributed by atoms with Crippen LogP contribution in [0.4, 0.5) is 4.39 Å². The van der Waals surface area contributed by atoms with Crippen LogP contribution in [0.3, 0.4) is 0 Å². The second-order valence-electron chi connectivity index (χ2n) is 13.0. The van der Waals surface area contributed by atoms with E-state index >= 15 is 0 Å². The minimum absolute atomic E-state index is 0.0365. The van der Waals surface area contributed by atoms with E-state index in [4.69, 9.17) is 13.3 Å². The lowest BCUT2D eigenvalue weighted by molar-refractivity contribution is 0.0598. The van der Waals surface area contributed by atoms with Crippen molar-refractivity contribution in [3.05, 3.63) is 58.4 Å². The Morgan fingerprint density at radius 3 is 2.28 bits per heavy atom. The summed E-state index contributed by atoms with van der Waals surface area (Å²) in [6, 6.07) is 8.09. The highest BCUT2D eigenvalue weighted by molar-refractivity contribution is 7.74. The molecule has 2 aromatic rings. The largest absolute Gasteiger partial charge is 0.750 e. The number of benzene rings is 2. The van der Waals surface area contributed by atoms with E-state index in [1.165, 1.54) is 19.2 Å². The molecule has 0 saturated carbocycles. The molecule has 0 saturated heterocycles. The van der Waals surface area contributed by atoms with Gasteiger partial charge in [-0.3, -0.25) is 4.18 Å². The van der Waals surface area contributed by atoms with Gasteiger partial charge in [0.15, 0.2) is 8.32 Å². The summed E-state index contributed by atoms with van der Waals surface area (Å²) in [4.78, 5) is 13.5. The standard InChI is InChI=1S/C30H43FO6SSi/c1-18(19(2)36-38(33)34)23-15-21-16-30(6,7)17-24(37-39(9,10)29(3,4)5)25(21)26(27(23)28(32)35-8)20-11-13-22(31)14-12-20/h11-15,18-19,24H,16-17H2,1-10H3,(H,33,34)/p-1. The van der Waals surface area contributed by atoms with Gasteiger partial charge in [-0.1, -0.05) is 59.7 Å². The van der Waals surface area contributed by atoms with Crippen LogP contribution in [0.25, 0.3) is 11.1 Å². The van der Waals surface area contributed by atoms with Crippen LogP contribution >= 0.6 is 0 Å². The van der Waals surface area contributed by atoms with E-state index in [1.807, 2.05) is 13.0 Å². The van der Waals surface area contributed by atoms with E-state index in [-0.39, 0.29) is 22.4 Å². The van der Waals surface area contributed by atoms with Crippen molar-refractivity contribution in [1.29, 1.82) is 0 Å². The number of carbonyl (C=O) groups is 1. The van der Waals surface area contributed by atoms with E-state index in [0.29, 0.717) is 22.3 Å². The Morgan fingerprint density at radius 1 is 1.18 bits per heavy atom. The summed E-state index contributed by atoms with van der Waals surface area (Å²) in [6.07, 6.45) is 0.463. The number of carbonyl (C=O) groups excluding carboxylic acids is 1. The van der Waals surface area contributed by atoms with Gasteiger partial charge >= 0.3 is 5.97 Å². The number of rotatable bonds is 8. The molecule has 9 heteroatoms. The highest BCUT2D eigenvalue weighted by Crippen LogP contribution is 2.52. The van der Waals surface area contributed by atoms with Crippen molar-refractivity contribution in [3.63, 3.8) is 0 Å². The lowest BCUT2D eigenvalue weighted by Crippen LogP contribution is -2.44. The van der Waals surface area contributed by atoms with Crippen LogP contribution < -0.4 is 0 Å². The summed E-state index contributed by atoms with van der Waals surface area (Å²) >= 11 is -2.72. The summed E-state index contributed by atoms with van der Waals surface area (Å²) in [7, 11) is -0.922. The van der Waals surface area contributed by atoms with Crippen LogP contribution in [0.2, 0.25) is 18.1 Å². The minimum Gasteiger partial charge on any atom is -0.750 e. The van der Waals surface area contributed by atoms with Gasteiger partial charge in [0.2, 0.25) is 0 Å². The van der Waals surface area contributed by atoms with Crippen LogP contribution in [0.15, 0.2) is 30.3 Å². The van der Waals surface area contributed by atoms with Gasteiger partial charge in [0.1, 0.15) is 5.82 Å². The second-order valence-corrected chi connectivity index (χ2v) is 18.4. The monoisotopic (exact) mass is 577 g/mol. The first-order valence-corrected chi connectivity index (χ1v) is 17.3. The molecule has 0 aliphatic heterocycles. The van der Waals surface area contributed by atoms with Gasteiger partial charge in [-0.25, -0.2) is 13.4 Å². The van der Waals surface area contributed by atoms with Crippen molar-refractivity contribution < 1.29 is 31.3 Å². The number of fused-ring (bicyclic) bond motifs is 1. The van der Waals surface area contributed by atoms with Crippen molar-refractivity contribution >= 4 is 25.6 Å². The van der Waals surface area contributed by atoms with Gasteiger partial charge in [0, 0.05) is 11.5 Å². The second kappa shape index (κ2) is 11.5. The predicted molar refractivity (Wildman–Crippen MR) is 154 cm³/mol. The van der Waals surface area contributed by atoms with E-state index < -0.39 is 37.7 Å². The summed E-state index contributed by atoms with van der Waals surface area (Å²) in [5, 5.41) is -0.0365. The van der Waals surface area contributed by atoms with Crippen LogP contribution in [-0.4, -0.2) is 36.3 Å². The number of hydrogen-bond acceptors (Lipinski definition) is 6. The molecule has 0 radical (unpaired) electrons. The van der Waals surface area contributed by atoms with Crippen LogP contribution in [0.5, 0.6) is 0 Å². The van der Waals surface area contributed by atoms with Gasteiger partial charge in [-0.2, -0.15) is 0 Å². The number of hydrogen-bond donors (Lipinski definition) is 0. The lowest BCUT2D eigenvalue weighted by atomic mass is 9.69. The highest BCUT2D eigenvalue weighted by Gasteiger charge is 2.44. The highest BCUT2D eigenvalue weighted by atomic mass is 32.2. The fraction of sp³-hybridized carbons (Fsp3) is 0.567. The number of methoxy groups -OCH3 is 1. The topological polar surface area (TPSA) is 84.9 Å². The molecule has 0 amide bonds. The third kappa shape index (κ3) is 6.88. The molecule has 39 heavy (non-hydrogen) atoms. The van der Waals surface area contributed by atoms with Crippen molar-refractivity contribution in [1.82, 2.24) is 0 Å². The minimum atomic E-state index is -2.72. The summed E-state index contributed by atoms with van der Waals surface area (Å²) < 4.78 is 54.2. The van der Waals surface area contributed by atoms with Gasteiger partial charge in [0.25, 0.3) is 0 Å². The van der Waals surface area contributed by atoms with Crippen molar-refractivity contribution in [2.24, 2.45) is 5.41 Å². The summed E-state index contributed by atoms with van der Waals surface area (Å²) in [5.41, 5.74) is 4.13. The molecule has 0 N–H and O–H groups in total. The van der Waals surface area contributed by atoms with Crippen LogP contribution in [0.1, 0.15) is 94.0 Å². The zero-order valence-electron chi connectivity index (χ0n) is 24.8. The molecule has 0 fully saturated rings. The van der Waals surface area contributed by atoms with Gasteiger partial charge in [-0.15, -0.1) is 0 Å². The Balaban J connectivity index is 2.43. The Labute approximate surface area is 236 Å². The molecule has 1 aliphatic carbocycles. The normalized spacial score (nSPS) is 19.6. The molecule has 0 aromatic heterocycles. The lowest BCUT2D eigenvalue weighted by Gasteiger charge is -2.45. The zero-order chi connectivity index (χ0) is 29.5. The molecule has 6 nitrogen and oxygen atoms in total. The number of esters is 1. The smallest absolute Gasteiger partial charge is 0.338 e. The molecule has 0 bridgehead atoms. The molecule has 0 heterocycles. The predicted octanol–water partition coefficient (Wildman–Crippen LogP) is 7.62. The molecule has 4 unspecified atom stereocenters. The SMILES string of the molecule is COC(=O)c1c(C(C)C(C)OS(=O)[O-])cc2c(c1-c1ccc(F)cc1)C(O[Si](C)(C)C(C)(C)C)CC(C)(C)C2. The zero-order valence-corrected chi connectivity index (χ0v) is 26.6. The number of ether oxygens (including phenoxy) is 1. The van der Waals surface area contributed by atoms with Crippen molar-refractivity contribution in [2.75, 3.05) is 7.11 Å². The first-order chi connectivity index (χ1) is 17.9. The fourth-order valence-corrected chi connectivity index (χ4v) is 6.85. The molecule has 216 valence electrons. The molecule has 2 aromatic carbocycles. The molecular formula is C30H42FO6SSi-. The summed E-state index contributed by atoms with van der Waals surface area (Å²) in [5.74, 6) is -1.40. The maximum Gasteiger partial charge on any atom is 0.338 e. The molecule has 4 atom stereocenters. The van der Waals surface area contributed by atoms with Gasteiger partial charge in [-0.05, 0) is 77.7 Å². The Bertz CT molecular complexity index is 1240. The van der Waals surface area contributed by atoms with Gasteiger partial charge in [0.05, 0.1) is 36.2 Å². The Hall–Kier alpha value is -1.91. The van der Waals surface area contributed by atoms with E-state index in [1.54, 1.807) is 19.1 Å². The van der Waals surface area contributed by atoms with E-state index in [0.717, 1.165) is 24.0 Å². The van der Waals surface area contributed by atoms with Gasteiger partial charge < -0.3 is 13.7 Å². The number of halogens is 1. The summed E-state index contributed by atoms with van der Waals surface area (Å²) in [6.45, 7) is 18.9. The molecule has 3 rings (SSSR count). The van der Waals surface area contributed by atoms with Crippen molar-refractivity contribution in [3.8, 4) is 11.1 Å². The third-order valence-corrected chi connectivity index (χ3v) is 13.4. The Morgan fingerprint density at radius 2 is 1.77 bits per heavy atom. The quantitative estimate of drug-likeness (QED) is 0.182. The van der Waals surface area contributed by atoms with E-state index in [9.17, 15) is 17.9 Å². The molecule has 1 aliphatic rings. The Kier molecular flexibility index (Phi) is 9.34. The average Bonchev–Trinajstić information content (AvgIpc) is 2.80. The fourth-order valence-electron chi connectivity index (χ4n) is 5.17. The maximum absolute atomic E-state index is 14.0. The first-order valence-electron chi connectivity index (χ1n) is 13.4. The molecular weight excluding hydrogens is 535 g/mol. The maximum atomic E-state index is 14.0. The van der Waals surface area contributed by atoms with E-state index in [2.05, 4.69) is 47.7 Å². The van der Waals surface area contributed by atoms with Crippen LogP contribution in [0, 0.1) is 11.2 Å². The molecule has 0 spiro atoms.